The van der Waals surface area contributed by atoms with Gasteiger partial charge in [-0.2, -0.15) is 9.67 Å². The van der Waals surface area contributed by atoms with Crippen molar-refractivity contribution in [1.82, 2.24) is 39.3 Å². The second kappa shape index (κ2) is 10.2. The van der Waals surface area contributed by atoms with Gasteiger partial charge in [0.2, 0.25) is 17.0 Å². The molecule has 1 fully saturated rings. The van der Waals surface area contributed by atoms with Crippen molar-refractivity contribution >= 4 is 34.8 Å². The SMILES string of the molecule is C[C@H](CSc1nnnn1-c1ccccc1)Cn1c(N2CCC(C(N)=O)CC2)nc2c1c(=O)[nH]c(=O)n2C. The summed E-state index contributed by atoms with van der Waals surface area (Å²) in [5, 5.41) is 12.8. The van der Waals surface area contributed by atoms with Crippen LogP contribution in [0.5, 0.6) is 0 Å². The summed E-state index contributed by atoms with van der Waals surface area (Å²) in [4.78, 5) is 45.9. The number of anilines is 1. The zero-order chi connectivity index (χ0) is 26.1. The Morgan fingerprint density at radius 1 is 1.22 bits per heavy atom. The van der Waals surface area contributed by atoms with Crippen LogP contribution in [-0.4, -0.2) is 64.1 Å². The minimum Gasteiger partial charge on any atom is -0.369 e. The fourth-order valence-corrected chi connectivity index (χ4v) is 5.48. The zero-order valence-corrected chi connectivity index (χ0v) is 21.4. The van der Waals surface area contributed by atoms with Gasteiger partial charge in [0.25, 0.3) is 5.56 Å². The van der Waals surface area contributed by atoms with Gasteiger partial charge in [-0.15, -0.1) is 5.10 Å². The molecule has 0 bridgehead atoms. The molecule has 4 aromatic rings. The molecule has 1 aliphatic rings. The monoisotopic (exact) mass is 524 g/mol. The van der Waals surface area contributed by atoms with E-state index in [1.54, 1.807) is 11.7 Å². The van der Waals surface area contributed by atoms with E-state index in [-0.39, 0.29) is 17.7 Å². The minimum absolute atomic E-state index is 0.0990. The summed E-state index contributed by atoms with van der Waals surface area (Å²) in [5.74, 6) is 0.917. The number of aryl methyl sites for hydroxylation is 1. The number of benzene rings is 1. The maximum absolute atomic E-state index is 12.9. The molecule has 194 valence electrons. The summed E-state index contributed by atoms with van der Waals surface area (Å²) in [5.41, 5.74) is 6.06. The first-order chi connectivity index (χ1) is 17.8. The summed E-state index contributed by atoms with van der Waals surface area (Å²) in [6, 6.07) is 9.66. The lowest BCUT2D eigenvalue weighted by atomic mass is 9.96. The first-order valence-electron chi connectivity index (χ1n) is 12.0. The average molecular weight is 525 g/mol. The number of hydrogen-bond acceptors (Lipinski definition) is 9. The van der Waals surface area contributed by atoms with Crippen LogP contribution in [-0.2, 0) is 18.4 Å². The van der Waals surface area contributed by atoms with E-state index in [0.717, 1.165) is 5.69 Å². The topological polar surface area (TPSA) is 163 Å². The van der Waals surface area contributed by atoms with Crippen molar-refractivity contribution in [1.29, 1.82) is 0 Å². The first-order valence-corrected chi connectivity index (χ1v) is 13.0. The van der Waals surface area contributed by atoms with E-state index >= 15 is 0 Å². The maximum Gasteiger partial charge on any atom is 0.329 e. The highest BCUT2D eigenvalue weighted by atomic mass is 32.2. The normalized spacial score (nSPS) is 15.4. The number of hydrogen-bond donors (Lipinski definition) is 2. The summed E-state index contributed by atoms with van der Waals surface area (Å²) in [7, 11) is 1.59. The number of fused-ring (bicyclic) bond motifs is 1. The van der Waals surface area contributed by atoms with E-state index in [1.165, 1.54) is 16.3 Å². The lowest BCUT2D eigenvalue weighted by Crippen LogP contribution is -2.40. The Hall–Kier alpha value is -3.94. The summed E-state index contributed by atoms with van der Waals surface area (Å²) in [6.45, 7) is 3.73. The Bertz CT molecular complexity index is 1530. The molecular formula is C23H28N10O3S. The van der Waals surface area contributed by atoms with Gasteiger partial charge in [0.05, 0.1) is 5.69 Å². The Kier molecular flexibility index (Phi) is 6.82. The molecule has 0 radical (unpaired) electrons. The number of aromatic amines is 1. The third-order valence-electron chi connectivity index (χ3n) is 6.60. The van der Waals surface area contributed by atoms with Crippen molar-refractivity contribution in [3.8, 4) is 5.69 Å². The van der Waals surface area contributed by atoms with Crippen LogP contribution in [0.3, 0.4) is 0 Å². The highest BCUT2D eigenvalue weighted by Gasteiger charge is 2.28. The van der Waals surface area contributed by atoms with Gasteiger partial charge in [0.1, 0.15) is 0 Å². The molecule has 4 heterocycles. The number of nitrogens with zero attached hydrogens (tertiary/aromatic N) is 8. The number of imidazole rings is 1. The number of piperidine rings is 1. The van der Waals surface area contributed by atoms with E-state index in [2.05, 4.69) is 32.3 Å². The predicted molar refractivity (Wildman–Crippen MR) is 139 cm³/mol. The minimum atomic E-state index is -0.516. The number of rotatable bonds is 8. The van der Waals surface area contributed by atoms with Crippen LogP contribution < -0.4 is 21.9 Å². The molecule has 5 rings (SSSR count). The molecular weight excluding hydrogens is 496 g/mol. The van der Waals surface area contributed by atoms with Crippen LogP contribution in [0.4, 0.5) is 5.95 Å². The van der Waals surface area contributed by atoms with Crippen molar-refractivity contribution < 1.29 is 4.79 Å². The van der Waals surface area contributed by atoms with Crippen molar-refractivity contribution in [2.24, 2.45) is 24.6 Å². The number of para-hydroxylation sites is 1. The molecule has 1 atom stereocenters. The van der Waals surface area contributed by atoms with E-state index in [4.69, 9.17) is 10.7 Å². The van der Waals surface area contributed by atoms with E-state index in [0.29, 0.717) is 60.5 Å². The molecule has 3 aromatic heterocycles. The molecule has 0 aliphatic carbocycles. The number of amides is 1. The predicted octanol–water partition coefficient (Wildman–Crippen LogP) is 0.529. The third-order valence-corrected chi connectivity index (χ3v) is 7.85. The zero-order valence-electron chi connectivity index (χ0n) is 20.6. The standard InChI is InChI=1S/C23H28N10O3S/c1-14(13-37-23-27-28-29-33(23)16-6-4-3-5-7-16)12-32-17-19(30(2)22(36)26-20(17)35)25-21(32)31-10-8-15(9-11-31)18(24)34/h3-7,14-15H,8-13H2,1-2H3,(H2,24,34)(H,26,35,36)/t14-/m0/s1. The smallest absolute Gasteiger partial charge is 0.329 e. The van der Waals surface area contributed by atoms with Crippen LogP contribution in [0.25, 0.3) is 16.9 Å². The molecule has 1 amide bonds. The second-order valence-corrected chi connectivity index (χ2v) is 10.3. The van der Waals surface area contributed by atoms with Gasteiger partial charge in [-0.3, -0.25) is 19.1 Å². The number of thioether (sulfide) groups is 1. The summed E-state index contributed by atoms with van der Waals surface area (Å²) < 4.78 is 4.92. The number of carbonyl (C=O) groups excluding carboxylic acids is 1. The highest BCUT2D eigenvalue weighted by Crippen LogP contribution is 2.28. The lowest BCUT2D eigenvalue weighted by molar-refractivity contribution is -0.122. The van der Waals surface area contributed by atoms with Gasteiger partial charge in [-0.25, -0.2) is 4.79 Å². The molecule has 13 nitrogen and oxygen atoms in total. The molecule has 0 spiro atoms. The average Bonchev–Trinajstić information content (AvgIpc) is 3.52. The number of tetrazole rings is 1. The van der Waals surface area contributed by atoms with Gasteiger partial charge >= 0.3 is 5.69 Å². The van der Waals surface area contributed by atoms with E-state index in [1.807, 2.05) is 34.9 Å². The molecule has 1 aliphatic heterocycles. The Labute approximate surface area is 215 Å². The van der Waals surface area contributed by atoms with Crippen molar-refractivity contribution in [2.75, 3.05) is 23.7 Å². The maximum atomic E-state index is 12.9. The Morgan fingerprint density at radius 2 is 1.95 bits per heavy atom. The molecule has 3 N–H and O–H groups in total. The number of nitrogens with one attached hydrogen (secondary N) is 1. The lowest BCUT2D eigenvalue weighted by Gasteiger charge is -2.32. The van der Waals surface area contributed by atoms with Crippen molar-refractivity contribution in [2.45, 2.75) is 31.5 Å². The van der Waals surface area contributed by atoms with Crippen LogP contribution in [0.1, 0.15) is 19.8 Å². The second-order valence-electron chi connectivity index (χ2n) is 9.30. The molecule has 1 saturated heterocycles. The van der Waals surface area contributed by atoms with Crippen LogP contribution in [0, 0.1) is 11.8 Å². The van der Waals surface area contributed by atoms with Crippen LogP contribution in [0.15, 0.2) is 45.1 Å². The molecule has 0 unspecified atom stereocenters. The van der Waals surface area contributed by atoms with E-state index in [9.17, 15) is 14.4 Å². The van der Waals surface area contributed by atoms with Crippen molar-refractivity contribution in [3.05, 3.63) is 51.2 Å². The quantitative estimate of drug-likeness (QED) is 0.313. The Morgan fingerprint density at radius 3 is 2.65 bits per heavy atom. The summed E-state index contributed by atoms with van der Waals surface area (Å²) in [6.07, 6.45) is 1.22. The molecule has 37 heavy (non-hydrogen) atoms. The molecule has 14 heteroatoms. The van der Waals surface area contributed by atoms with Gasteiger partial charge in [-0.05, 0) is 41.3 Å². The number of primary amides is 1. The van der Waals surface area contributed by atoms with Crippen LogP contribution in [0.2, 0.25) is 0 Å². The Balaban J connectivity index is 1.41. The third kappa shape index (κ3) is 4.88. The van der Waals surface area contributed by atoms with Gasteiger partial charge in [-0.1, -0.05) is 36.9 Å². The number of nitrogens with two attached hydrogens (primary N) is 1. The van der Waals surface area contributed by atoms with Gasteiger partial charge in [0.15, 0.2) is 11.2 Å². The largest absolute Gasteiger partial charge is 0.369 e. The van der Waals surface area contributed by atoms with Crippen LogP contribution >= 0.6 is 11.8 Å². The van der Waals surface area contributed by atoms with Crippen molar-refractivity contribution in [3.63, 3.8) is 0 Å². The fourth-order valence-electron chi connectivity index (χ4n) is 4.58. The number of carbonyl (C=O) groups is 1. The highest BCUT2D eigenvalue weighted by molar-refractivity contribution is 7.99. The first kappa shape index (κ1) is 24.7. The fraction of sp³-hybridized carbons (Fsp3) is 0.435. The van der Waals surface area contributed by atoms with Gasteiger partial charge in [0, 0.05) is 38.4 Å². The molecule has 0 saturated carbocycles. The van der Waals surface area contributed by atoms with E-state index < -0.39 is 11.2 Å². The molecule has 1 aromatic carbocycles. The summed E-state index contributed by atoms with van der Waals surface area (Å²) >= 11 is 1.53. The number of H-pyrrole nitrogens is 1. The van der Waals surface area contributed by atoms with Gasteiger partial charge < -0.3 is 15.2 Å². The number of aromatic nitrogens is 8.